The minimum Gasteiger partial charge on any atom is -0.381 e. The number of carbonyl (C=O) groups excluding carboxylic acids is 1. The van der Waals surface area contributed by atoms with Crippen molar-refractivity contribution in [2.75, 3.05) is 32.8 Å². The van der Waals surface area contributed by atoms with Crippen molar-refractivity contribution in [3.05, 3.63) is 70.7 Å². The predicted molar refractivity (Wildman–Crippen MR) is 119 cm³/mol. The molecule has 0 saturated carbocycles. The fourth-order valence-electron chi connectivity index (χ4n) is 4.82. The summed E-state index contributed by atoms with van der Waals surface area (Å²) >= 11 is 6.55. The van der Waals surface area contributed by atoms with Gasteiger partial charge in [-0.2, -0.15) is 0 Å². The summed E-state index contributed by atoms with van der Waals surface area (Å²) in [7, 11) is 0. The number of hydrogen-bond acceptors (Lipinski definition) is 3. The van der Waals surface area contributed by atoms with E-state index in [9.17, 15) is 4.79 Å². The highest BCUT2D eigenvalue weighted by Crippen LogP contribution is 2.42. The molecule has 0 aromatic heterocycles. The lowest BCUT2D eigenvalue weighted by Gasteiger charge is -2.39. The largest absolute Gasteiger partial charge is 0.381 e. The molecule has 2 aliphatic rings. The van der Waals surface area contributed by atoms with E-state index in [0.29, 0.717) is 50.7 Å². The van der Waals surface area contributed by atoms with E-state index in [4.69, 9.17) is 22.1 Å². The zero-order chi connectivity index (χ0) is 19.6. The molecule has 2 fully saturated rings. The third-order valence-electron chi connectivity index (χ3n) is 6.40. The van der Waals surface area contributed by atoms with Crippen LogP contribution in [0.3, 0.4) is 0 Å². The molecule has 0 spiro atoms. The van der Waals surface area contributed by atoms with Crippen molar-refractivity contribution in [2.45, 2.75) is 24.2 Å². The number of halogens is 2. The molecule has 0 radical (unpaired) electrons. The standard InChI is InChI=1S/C23H27ClN2O2.ClH/c24-21-9-5-4-8-20(21)23(10-12-28-13-11-23)22(27)26-15-18(14-25)19(16-26)17-6-2-1-3-7-17;/h1-9,18-19H,10-16,25H2;1H/t18-,19+;/m1./s1. The van der Waals surface area contributed by atoms with Crippen molar-refractivity contribution in [3.63, 3.8) is 0 Å². The normalized spacial score (nSPS) is 23.4. The highest BCUT2D eigenvalue weighted by Gasteiger charge is 2.48. The molecular formula is C23H28Cl2N2O2. The van der Waals surface area contributed by atoms with Crippen molar-refractivity contribution in [2.24, 2.45) is 11.7 Å². The van der Waals surface area contributed by atoms with Crippen LogP contribution >= 0.6 is 24.0 Å². The molecular weight excluding hydrogens is 407 g/mol. The van der Waals surface area contributed by atoms with Gasteiger partial charge in [0.25, 0.3) is 0 Å². The van der Waals surface area contributed by atoms with Gasteiger partial charge in [-0.15, -0.1) is 12.4 Å². The summed E-state index contributed by atoms with van der Waals surface area (Å²) in [6, 6.07) is 18.2. The molecule has 2 saturated heterocycles. The van der Waals surface area contributed by atoms with Gasteiger partial charge in [0.05, 0.1) is 5.41 Å². The Kier molecular flexibility index (Phi) is 7.23. The van der Waals surface area contributed by atoms with Crippen molar-refractivity contribution in [1.82, 2.24) is 4.90 Å². The fourth-order valence-corrected chi connectivity index (χ4v) is 5.14. The molecule has 4 rings (SSSR count). The molecule has 4 nitrogen and oxygen atoms in total. The van der Waals surface area contributed by atoms with Crippen LogP contribution in [-0.2, 0) is 14.9 Å². The molecule has 2 N–H and O–H groups in total. The lowest BCUT2D eigenvalue weighted by atomic mass is 9.73. The van der Waals surface area contributed by atoms with Crippen LogP contribution in [0.15, 0.2) is 54.6 Å². The van der Waals surface area contributed by atoms with Crippen molar-refractivity contribution < 1.29 is 9.53 Å². The lowest BCUT2D eigenvalue weighted by molar-refractivity contribution is -0.140. The second-order valence-electron chi connectivity index (χ2n) is 7.90. The van der Waals surface area contributed by atoms with Gasteiger partial charge >= 0.3 is 0 Å². The molecule has 1 amide bonds. The maximum Gasteiger partial charge on any atom is 0.233 e. The van der Waals surface area contributed by atoms with Gasteiger partial charge in [-0.3, -0.25) is 4.79 Å². The molecule has 29 heavy (non-hydrogen) atoms. The van der Waals surface area contributed by atoms with Crippen LogP contribution in [0.5, 0.6) is 0 Å². The van der Waals surface area contributed by atoms with Crippen LogP contribution < -0.4 is 5.73 Å². The molecule has 0 aliphatic carbocycles. The molecule has 2 aromatic rings. The molecule has 2 atom stereocenters. The van der Waals surface area contributed by atoms with E-state index in [2.05, 4.69) is 24.3 Å². The van der Waals surface area contributed by atoms with Crippen LogP contribution in [-0.4, -0.2) is 43.7 Å². The van der Waals surface area contributed by atoms with E-state index < -0.39 is 5.41 Å². The van der Waals surface area contributed by atoms with Gasteiger partial charge in [-0.1, -0.05) is 60.1 Å². The Morgan fingerprint density at radius 1 is 1.07 bits per heavy atom. The van der Waals surface area contributed by atoms with Crippen LogP contribution in [0.1, 0.15) is 29.9 Å². The first-order chi connectivity index (χ1) is 13.7. The summed E-state index contributed by atoms with van der Waals surface area (Å²) in [5.74, 6) is 0.716. The van der Waals surface area contributed by atoms with Crippen molar-refractivity contribution >= 4 is 29.9 Å². The van der Waals surface area contributed by atoms with E-state index in [1.54, 1.807) is 0 Å². The van der Waals surface area contributed by atoms with E-state index in [0.717, 1.165) is 5.56 Å². The Balaban J connectivity index is 0.00000240. The number of rotatable bonds is 4. The van der Waals surface area contributed by atoms with E-state index in [-0.39, 0.29) is 30.2 Å². The smallest absolute Gasteiger partial charge is 0.233 e. The summed E-state index contributed by atoms with van der Waals surface area (Å²) in [6.45, 7) is 3.13. The molecule has 2 heterocycles. The first-order valence-corrected chi connectivity index (χ1v) is 10.4. The first kappa shape index (κ1) is 22.1. The Morgan fingerprint density at radius 2 is 1.72 bits per heavy atom. The molecule has 2 aromatic carbocycles. The topological polar surface area (TPSA) is 55.6 Å². The average molecular weight is 435 g/mol. The van der Waals surface area contributed by atoms with Crippen molar-refractivity contribution in [1.29, 1.82) is 0 Å². The van der Waals surface area contributed by atoms with Crippen molar-refractivity contribution in [3.8, 4) is 0 Å². The van der Waals surface area contributed by atoms with Gasteiger partial charge in [-0.05, 0) is 42.5 Å². The van der Waals surface area contributed by atoms with E-state index in [1.165, 1.54) is 5.56 Å². The number of hydrogen-bond donors (Lipinski definition) is 1. The highest BCUT2D eigenvalue weighted by atomic mass is 35.5. The second-order valence-corrected chi connectivity index (χ2v) is 8.30. The summed E-state index contributed by atoms with van der Waals surface area (Å²) < 4.78 is 5.60. The number of ether oxygens (including phenoxy) is 1. The molecule has 0 bridgehead atoms. The van der Waals surface area contributed by atoms with Crippen LogP contribution in [0.25, 0.3) is 0 Å². The van der Waals surface area contributed by atoms with Gasteiger partial charge in [-0.25, -0.2) is 0 Å². The molecule has 156 valence electrons. The summed E-state index contributed by atoms with van der Waals surface area (Å²) in [5, 5.41) is 0.659. The minimum atomic E-state index is -0.610. The number of amides is 1. The predicted octanol–water partition coefficient (Wildman–Crippen LogP) is 4.01. The zero-order valence-corrected chi connectivity index (χ0v) is 18.0. The molecule has 6 heteroatoms. The lowest BCUT2D eigenvalue weighted by Crippen LogP contribution is -2.49. The second kappa shape index (κ2) is 9.48. The Morgan fingerprint density at radius 3 is 2.38 bits per heavy atom. The number of carbonyl (C=O) groups is 1. The average Bonchev–Trinajstić information content (AvgIpc) is 3.19. The highest BCUT2D eigenvalue weighted by molar-refractivity contribution is 6.31. The van der Waals surface area contributed by atoms with Gasteiger partial charge in [0.2, 0.25) is 5.91 Å². The van der Waals surface area contributed by atoms with Crippen LogP contribution in [0, 0.1) is 5.92 Å². The van der Waals surface area contributed by atoms with Gasteiger partial charge in [0.1, 0.15) is 0 Å². The summed E-state index contributed by atoms with van der Waals surface area (Å²) in [4.78, 5) is 15.9. The first-order valence-electron chi connectivity index (χ1n) is 10.0. The monoisotopic (exact) mass is 434 g/mol. The summed E-state index contributed by atoms with van der Waals surface area (Å²) in [5.41, 5.74) is 7.67. The zero-order valence-electron chi connectivity index (χ0n) is 16.4. The SMILES string of the molecule is Cl.NC[C@@H]1CN(C(=O)C2(c3ccccc3Cl)CCOCC2)C[C@H]1c1ccccc1. The maximum atomic E-state index is 13.9. The fraction of sp³-hybridized carbons (Fsp3) is 0.435. The third-order valence-corrected chi connectivity index (χ3v) is 6.73. The Hall–Kier alpha value is -1.59. The van der Waals surface area contributed by atoms with Gasteiger partial charge in [0.15, 0.2) is 0 Å². The maximum absolute atomic E-state index is 13.9. The number of nitrogens with zero attached hydrogens (tertiary/aromatic N) is 1. The molecule has 2 aliphatic heterocycles. The minimum absolute atomic E-state index is 0. The number of likely N-dealkylation sites (tertiary alicyclic amines) is 1. The Labute approximate surface area is 183 Å². The quantitative estimate of drug-likeness (QED) is 0.790. The summed E-state index contributed by atoms with van der Waals surface area (Å²) in [6.07, 6.45) is 1.32. The van der Waals surface area contributed by atoms with E-state index >= 15 is 0 Å². The van der Waals surface area contributed by atoms with Gasteiger partial charge in [0, 0.05) is 37.2 Å². The molecule has 0 unspecified atom stereocenters. The van der Waals surface area contributed by atoms with Crippen LogP contribution in [0.2, 0.25) is 5.02 Å². The van der Waals surface area contributed by atoms with Crippen LogP contribution in [0.4, 0.5) is 0 Å². The number of benzene rings is 2. The van der Waals surface area contributed by atoms with E-state index in [1.807, 2.05) is 35.2 Å². The number of nitrogens with two attached hydrogens (primary N) is 1. The van der Waals surface area contributed by atoms with Gasteiger partial charge < -0.3 is 15.4 Å². The Bertz CT molecular complexity index is 825. The third kappa shape index (κ3) is 4.17.